The molecule has 1 aliphatic heterocycles. The molecule has 4 aliphatic carbocycles. The van der Waals surface area contributed by atoms with E-state index in [1.165, 1.54) is 33.4 Å². The molecule has 1 N–H and O–H groups in total. The Hall–Kier alpha value is -2.06. The van der Waals surface area contributed by atoms with Crippen molar-refractivity contribution in [2.75, 3.05) is 0 Å². The number of H-pyrrole nitrogens is 1. The first-order chi connectivity index (χ1) is 11.1. The summed E-state index contributed by atoms with van der Waals surface area (Å²) in [6, 6.07) is 4.67. The van der Waals surface area contributed by atoms with Gasteiger partial charge in [0.25, 0.3) is 0 Å². The van der Waals surface area contributed by atoms with Crippen molar-refractivity contribution >= 4 is 12.2 Å². The molecule has 2 heterocycles. The lowest BCUT2D eigenvalue weighted by molar-refractivity contribution is -0.146. The van der Waals surface area contributed by atoms with Crippen molar-refractivity contribution in [2.45, 2.75) is 43.7 Å². The van der Waals surface area contributed by atoms with Gasteiger partial charge in [0, 0.05) is 24.2 Å². The molecule has 0 amide bonds. The number of aromatic amines is 1. The lowest BCUT2D eigenvalue weighted by atomic mass is 9.62. The normalized spacial score (nSPS) is 33.5. The predicted molar refractivity (Wildman–Crippen MR) is 87.2 cm³/mol. The Morgan fingerprint density at radius 2 is 1.39 bits per heavy atom. The molecule has 2 aromatic rings. The topological polar surface area (TPSA) is 34.2 Å². The highest BCUT2D eigenvalue weighted by molar-refractivity contribution is 5.76. The minimum atomic E-state index is -0.510. The van der Waals surface area contributed by atoms with Crippen LogP contribution < -0.4 is 0 Å². The van der Waals surface area contributed by atoms with Gasteiger partial charge < -0.3 is 14.5 Å². The van der Waals surface area contributed by atoms with Crippen LogP contribution in [-0.4, -0.2) is 23.0 Å². The van der Waals surface area contributed by atoms with Gasteiger partial charge in [0.15, 0.2) is 5.79 Å². The van der Waals surface area contributed by atoms with Crippen molar-refractivity contribution in [1.82, 2.24) is 4.98 Å². The van der Waals surface area contributed by atoms with E-state index in [9.17, 15) is 0 Å². The molecule has 2 bridgehead atoms. The predicted octanol–water partition coefficient (Wildman–Crippen LogP) is 3.76. The van der Waals surface area contributed by atoms with Crippen LogP contribution in [-0.2, 0) is 9.47 Å². The number of nitrogens with one attached hydrogen (secondary N) is 1. The van der Waals surface area contributed by atoms with E-state index < -0.39 is 5.79 Å². The Kier molecular flexibility index (Phi) is 1.99. The maximum absolute atomic E-state index is 6.32. The van der Waals surface area contributed by atoms with E-state index in [2.05, 4.69) is 47.4 Å². The molecule has 3 nitrogen and oxygen atoms in total. The fraction of sp³-hybridized carbons (Fsp3) is 0.350. The largest absolute Gasteiger partial charge is 0.367 e. The van der Waals surface area contributed by atoms with Crippen LogP contribution >= 0.6 is 0 Å². The monoisotopic (exact) mass is 303 g/mol. The zero-order valence-electron chi connectivity index (χ0n) is 13.1. The average Bonchev–Trinajstić information content (AvgIpc) is 3.19. The molecule has 1 fully saturated rings. The van der Waals surface area contributed by atoms with Gasteiger partial charge in [-0.2, -0.15) is 0 Å². The van der Waals surface area contributed by atoms with E-state index in [0.717, 1.165) is 0 Å². The van der Waals surface area contributed by atoms with Gasteiger partial charge in [-0.05, 0) is 71.5 Å². The third-order valence-corrected chi connectivity index (χ3v) is 5.74. The van der Waals surface area contributed by atoms with Gasteiger partial charge in [0.2, 0.25) is 0 Å². The van der Waals surface area contributed by atoms with Crippen molar-refractivity contribution in [3.8, 4) is 0 Å². The molecule has 114 valence electrons. The molecular formula is C20H17NO2. The van der Waals surface area contributed by atoms with Crippen LogP contribution in [0, 0.1) is 0 Å². The fourth-order valence-electron chi connectivity index (χ4n) is 4.98. The first-order valence-corrected chi connectivity index (χ1v) is 8.25. The summed E-state index contributed by atoms with van der Waals surface area (Å²) in [5, 5.41) is 0. The quantitative estimate of drug-likeness (QED) is 0.642. The van der Waals surface area contributed by atoms with Crippen LogP contribution in [0.2, 0.25) is 0 Å². The minimum Gasteiger partial charge on any atom is -0.367 e. The highest BCUT2D eigenvalue weighted by atomic mass is 16.8. The lowest BCUT2D eigenvalue weighted by Gasteiger charge is -2.45. The second-order valence-electron chi connectivity index (χ2n) is 7.45. The van der Waals surface area contributed by atoms with Crippen molar-refractivity contribution in [3.63, 3.8) is 0 Å². The van der Waals surface area contributed by atoms with Crippen LogP contribution in [0.25, 0.3) is 12.2 Å². The molecule has 0 spiro atoms. The Labute approximate surface area is 134 Å². The summed E-state index contributed by atoms with van der Waals surface area (Å²) in [5.41, 5.74) is 11.3. The third-order valence-electron chi connectivity index (χ3n) is 5.74. The summed E-state index contributed by atoms with van der Waals surface area (Å²) < 4.78 is 12.6. The fourth-order valence-corrected chi connectivity index (χ4v) is 4.98. The summed E-state index contributed by atoms with van der Waals surface area (Å²) in [5.74, 6) is -0.00602. The molecule has 1 aromatic heterocycles. The van der Waals surface area contributed by atoms with Gasteiger partial charge in [-0.25, -0.2) is 0 Å². The summed E-state index contributed by atoms with van der Waals surface area (Å²) in [6.45, 7) is 4.05. The minimum absolute atomic E-state index is 0.0993. The van der Waals surface area contributed by atoms with E-state index in [0.29, 0.717) is 0 Å². The molecular weight excluding hydrogens is 286 g/mol. The number of ether oxygens (including phenoxy) is 2. The molecule has 0 radical (unpaired) electrons. The molecule has 0 saturated carbocycles. The number of hydrogen-bond acceptors (Lipinski definition) is 2. The Morgan fingerprint density at radius 3 is 1.91 bits per heavy atom. The second-order valence-corrected chi connectivity index (χ2v) is 7.45. The summed E-state index contributed by atoms with van der Waals surface area (Å²) in [4.78, 5) is 3.30. The Morgan fingerprint density at radius 1 is 0.870 bits per heavy atom. The van der Waals surface area contributed by atoms with Crippen molar-refractivity contribution in [3.05, 3.63) is 63.6 Å². The van der Waals surface area contributed by atoms with Gasteiger partial charge >= 0.3 is 0 Å². The summed E-state index contributed by atoms with van der Waals surface area (Å²) in [7, 11) is 0. The second kappa shape index (κ2) is 3.70. The van der Waals surface area contributed by atoms with Gasteiger partial charge in [-0.3, -0.25) is 0 Å². The maximum Gasteiger partial charge on any atom is 0.163 e. The first kappa shape index (κ1) is 12.4. The molecule has 1 saturated heterocycles. The van der Waals surface area contributed by atoms with Crippen LogP contribution in [0.1, 0.15) is 59.1 Å². The smallest absolute Gasteiger partial charge is 0.163 e. The van der Waals surface area contributed by atoms with Crippen LogP contribution in [0.3, 0.4) is 0 Å². The van der Waals surface area contributed by atoms with Crippen molar-refractivity contribution in [1.29, 1.82) is 0 Å². The Balaban J connectivity index is 1.64. The summed E-state index contributed by atoms with van der Waals surface area (Å²) in [6.07, 6.45) is 8.63. The Bertz CT molecular complexity index is 862. The number of aromatic nitrogens is 1. The molecule has 1 aromatic carbocycles. The van der Waals surface area contributed by atoms with E-state index in [4.69, 9.17) is 9.47 Å². The number of hydrogen-bond donors (Lipinski definition) is 1. The average molecular weight is 303 g/mol. The molecule has 3 heteroatoms. The standard InChI is InChI=1S/C20H17NO2/c1-20(2)22-18-16-12-6-10-4-3-5-11(10)7-13(12)17(19(18)23-20)15-9-21-8-14(15)16/h4-9,16-19,21H,1-2H3. The summed E-state index contributed by atoms with van der Waals surface area (Å²) >= 11 is 0. The number of benzene rings is 1. The molecule has 5 aliphatic rings. The maximum atomic E-state index is 6.32. The number of rotatable bonds is 0. The highest BCUT2D eigenvalue weighted by Crippen LogP contribution is 2.58. The lowest BCUT2D eigenvalue weighted by Crippen LogP contribution is -2.45. The van der Waals surface area contributed by atoms with E-state index >= 15 is 0 Å². The third kappa shape index (κ3) is 1.39. The molecule has 4 atom stereocenters. The van der Waals surface area contributed by atoms with E-state index in [1.54, 1.807) is 0 Å². The van der Waals surface area contributed by atoms with Gasteiger partial charge in [0.05, 0.1) is 12.2 Å². The molecule has 4 unspecified atom stereocenters. The zero-order chi connectivity index (χ0) is 15.3. The molecule has 7 rings (SSSR count). The van der Waals surface area contributed by atoms with Crippen molar-refractivity contribution < 1.29 is 9.47 Å². The van der Waals surface area contributed by atoms with Crippen LogP contribution in [0.15, 0.2) is 30.3 Å². The van der Waals surface area contributed by atoms with Gasteiger partial charge in [-0.1, -0.05) is 0 Å². The zero-order valence-corrected chi connectivity index (χ0v) is 13.1. The van der Waals surface area contributed by atoms with E-state index in [-0.39, 0.29) is 24.0 Å². The number of fused-ring (bicyclic) bond motifs is 1. The highest BCUT2D eigenvalue weighted by Gasteiger charge is 2.58. The van der Waals surface area contributed by atoms with Gasteiger partial charge in [-0.15, -0.1) is 5.73 Å². The van der Waals surface area contributed by atoms with E-state index in [1.807, 2.05) is 13.8 Å². The first-order valence-electron chi connectivity index (χ1n) is 8.25. The van der Waals surface area contributed by atoms with Crippen LogP contribution in [0.4, 0.5) is 0 Å². The molecule has 23 heavy (non-hydrogen) atoms. The SMILES string of the molecule is CC1(C)OC2C3c4c[nH]cc4C(c4cc5c(cc43)C=C=C5)C2O1. The van der Waals surface area contributed by atoms with Crippen LogP contribution in [0.5, 0.6) is 0 Å². The van der Waals surface area contributed by atoms with Gasteiger partial charge in [0.1, 0.15) is 0 Å². The van der Waals surface area contributed by atoms with Crippen molar-refractivity contribution in [2.24, 2.45) is 0 Å².